The van der Waals surface area contributed by atoms with Gasteiger partial charge in [0.2, 0.25) is 10.0 Å². The molecule has 21 heavy (non-hydrogen) atoms. The number of hydrogen-bond acceptors (Lipinski definition) is 5. The fraction of sp³-hybridized carbons (Fsp3) is 0.571. The van der Waals surface area contributed by atoms with Crippen molar-refractivity contribution >= 4 is 10.0 Å². The molecular formula is C14H20N2O4S. The van der Waals surface area contributed by atoms with Gasteiger partial charge in [-0.25, -0.2) is 8.42 Å². The van der Waals surface area contributed by atoms with Crippen LogP contribution < -0.4 is 14.8 Å². The van der Waals surface area contributed by atoms with E-state index in [9.17, 15) is 8.42 Å². The number of sulfonamides is 1. The molecule has 7 heteroatoms. The van der Waals surface area contributed by atoms with E-state index in [1.165, 1.54) is 4.31 Å². The summed E-state index contributed by atoms with van der Waals surface area (Å²) >= 11 is 0. The van der Waals surface area contributed by atoms with Crippen LogP contribution in [0.15, 0.2) is 23.1 Å². The average molecular weight is 312 g/mol. The molecule has 1 saturated heterocycles. The fourth-order valence-electron chi connectivity index (χ4n) is 2.57. The van der Waals surface area contributed by atoms with Crippen LogP contribution in [0.5, 0.6) is 11.5 Å². The first kappa shape index (κ1) is 14.6. The molecule has 6 nitrogen and oxygen atoms in total. The molecule has 1 atom stereocenters. The highest BCUT2D eigenvalue weighted by atomic mass is 32.2. The van der Waals surface area contributed by atoms with Gasteiger partial charge in [-0.3, -0.25) is 0 Å². The largest absolute Gasteiger partial charge is 0.490 e. The van der Waals surface area contributed by atoms with Crippen molar-refractivity contribution in [3.05, 3.63) is 18.2 Å². The first-order chi connectivity index (χ1) is 10.1. The Morgan fingerprint density at radius 2 is 2.00 bits per heavy atom. The van der Waals surface area contributed by atoms with E-state index < -0.39 is 10.0 Å². The molecule has 0 amide bonds. The zero-order chi connectivity index (χ0) is 14.9. The van der Waals surface area contributed by atoms with Crippen LogP contribution in [0.1, 0.15) is 13.3 Å². The van der Waals surface area contributed by atoms with Gasteiger partial charge in [0.25, 0.3) is 0 Å². The third kappa shape index (κ3) is 3.00. The van der Waals surface area contributed by atoms with E-state index in [0.717, 1.165) is 6.42 Å². The predicted molar refractivity (Wildman–Crippen MR) is 78.3 cm³/mol. The van der Waals surface area contributed by atoms with Crippen molar-refractivity contribution in [1.82, 2.24) is 9.62 Å². The van der Waals surface area contributed by atoms with Gasteiger partial charge in [-0.1, -0.05) is 0 Å². The Balaban J connectivity index is 1.90. The van der Waals surface area contributed by atoms with Gasteiger partial charge >= 0.3 is 0 Å². The highest BCUT2D eigenvalue weighted by Crippen LogP contribution is 2.33. The van der Waals surface area contributed by atoms with E-state index in [1.54, 1.807) is 18.2 Å². The maximum absolute atomic E-state index is 12.7. The van der Waals surface area contributed by atoms with Gasteiger partial charge in [0.15, 0.2) is 11.5 Å². The lowest BCUT2D eigenvalue weighted by Crippen LogP contribution is -2.51. The number of piperazine rings is 1. The lowest BCUT2D eigenvalue weighted by atomic mass is 10.3. The van der Waals surface area contributed by atoms with E-state index in [2.05, 4.69) is 5.32 Å². The summed E-state index contributed by atoms with van der Waals surface area (Å²) in [5, 5.41) is 3.24. The van der Waals surface area contributed by atoms with Gasteiger partial charge in [0.1, 0.15) is 0 Å². The summed E-state index contributed by atoms with van der Waals surface area (Å²) in [5.41, 5.74) is 0. The lowest BCUT2D eigenvalue weighted by Gasteiger charge is -2.31. The Hall–Kier alpha value is -1.31. The summed E-state index contributed by atoms with van der Waals surface area (Å²) in [6.45, 7) is 4.76. The Kier molecular flexibility index (Phi) is 4.05. The number of rotatable bonds is 2. The van der Waals surface area contributed by atoms with Crippen LogP contribution in [0.3, 0.4) is 0 Å². The van der Waals surface area contributed by atoms with Crippen molar-refractivity contribution in [2.45, 2.75) is 24.3 Å². The Bertz CT molecular complexity index is 617. The molecule has 0 saturated carbocycles. The molecule has 2 heterocycles. The van der Waals surface area contributed by atoms with Gasteiger partial charge in [0.05, 0.1) is 18.1 Å². The molecule has 3 rings (SSSR count). The van der Waals surface area contributed by atoms with Crippen LogP contribution in [0, 0.1) is 0 Å². The standard InChI is InChI=1S/C14H20N2O4S/c1-11-10-16(6-5-15-11)21(17,18)12-3-4-13-14(9-12)20-8-2-7-19-13/h3-4,9,11,15H,2,5-8,10H2,1H3/t11-/m0/s1. The molecule has 1 fully saturated rings. The number of ether oxygens (including phenoxy) is 2. The molecule has 2 aliphatic rings. The highest BCUT2D eigenvalue weighted by molar-refractivity contribution is 7.89. The van der Waals surface area contributed by atoms with Crippen LogP contribution in [0.25, 0.3) is 0 Å². The number of benzene rings is 1. The molecule has 0 aliphatic carbocycles. The number of nitrogens with one attached hydrogen (secondary N) is 1. The lowest BCUT2D eigenvalue weighted by molar-refractivity contribution is 0.296. The van der Waals surface area contributed by atoms with E-state index >= 15 is 0 Å². The second-order valence-corrected chi connectivity index (χ2v) is 7.32. The van der Waals surface area contributed by atoms with Crippen molar-refractivity contribution in [2.24, 2.45) is 0 Å². The van der Waals surface area contributed by atoms with Gasteiger partial charge < -0.3 is 14.8 Å². The van der Waals surface area contributed by atoms with Gasteiger partial charge in [-0.05, 0) is 19.1 Å². The second kappa shape index (κ2) is 5.82. The van der Waals surface area contributed by atoms with Crippen LogP contribution in [-0.2, 0) is 10.0 Å². The van der Waals surface area contributed by atoms with Gasteiger partial charge in [-0.2, -0.15) is 4.31 Å². The Morgan fingerprint density at radius 1 is 1.24 bits per heavy atom. The van der Waals surface area contributed by atoms with Crippen LogP contribution in [-0.4, -0.2) is 51.6 Å². The van der Waals surface area contributed by atoms with Crippen LogP contribution >= 0.6 is 0 Å². The molecule has 0 spiro atoms. The zero-order valence-corrected chi connectivity index (χ0v) is 12.9. The zero-order valence-electron chi connectivity index (χ0n) is 12.0. The number of fused-ring (bicyclic) bond motifs is 1. The average Bonchev–Trinajstić information content (AvgIpc) is 2.71. The smallest absolute Gasteiger partial charge is 0.243 e. The molecule has 1 aromatic carbocycles. The van der Waals surface area contributed by atoms with Crippen LogP contribution in [0.4, 0.5) is 0 Å². The van der Waals surface area contributed by atoms with Crippen LogP contribution in [0.2, 0.25) is 0 Å². The van der Waals surface area contributed by atoms with Crippen molar-refractivity contribution in [2.75, 3.05) is 32.8 Å². The minimum atomic E-state index is -3.48. The molecule has 1 aromatic rings. The monoisotopic (exact) mass is 312 g/mol. The summed E-state index contributed by atoms with van der Waals surface area (Å²) in [4.78, 5) is 0.265. The maximum Gasteiger partial charge on any atom is 0.243 e. The van der Waals surface area contributed by atoms with Crippen molar-refractivity contribution < 1.29 is 17.9 Å². The van der Waals surface area contributed by atoms with E-state index in [4.69, 9.17) is 9.47 Å². The Labute approximate surface area is 125 Å². The normalized spacial score (nSPS) is 23.6. The molecule has 0 radical (unpaired) electrons. The molecule has 0 aromatic heterocycles. The minimum absolute atomic E-state index is 0.161. The maximum atomic E-state index is 12.7. The molecule has 0 bridgehead atoms. The molecule has 2 aliphatic heterocycles. The molecular weight excluding hydrogens is 292 g/mol. The molecule has 116 valence electrons. The highest BCUT2D eigenvalue weighted by Gasteiger charge is 2.29. The quantitative estimate of drug-likeness (QED) is 0.876. The third-order valence-corrected chi connectivity index (χ3v) is 5.55. The van der Waals surface area contributed by atoms with Crippen molar-refractivity contribution in [1.29, 1.82) is 0 Å². The fourth-order valence-corrected chi connectivity index (χ4v) is 4.11. The van der Waals surface area contributed by atoms with Crippen molar-refractivity contribution in [3.63, 3.8) is 0 Å². The van der Waals surface area contributed by atoms with E-state index in [1.807, 2.05) is 6.92 Å². The first-order valence-corrected chi connectivity index (χ1v) is 8.64. The summed E-state index contributed by atoms with van der Waals surface area (Å²) in [6, 6.07) is 5.01. The van der Waals surface area contributed by atoms with E-state index in [0.29, 0.717) is 44.3 Å². The first-order valence-electron chi connectivity index (χ1n) is 7.20. The summed E-state index contributed by atoms with van der Waals surface area (Å²) < 4.78 is 38.0. The van der Waals surface area contributed by atoms with Crippen molar-refractivity contribution in [3.8, 4) is 11.5 Å². The summed E-state index contributed by atoms with van der Waals surface area (Å²) in [5.74, 6) is 1.12. The van der Waals surface area contributed by atoms with Gasteiger partial charge in [0, 0.05) is 38.2 Å². The second-order valence-electron chi connectivity index (χ2n) is 5.38. The third-order valence-electron chi connectivity index (χ3n) is 3.69. The predicted octanol–water partition coefficient (Wildman–Crippen LogP) is 0.830. The van der Waals surface area contributed by atoms with E-state index in [-0.39, 0.29) is 10.9 Å². The summed E-state index contributed by atoms with van der Waals surface area (Å²) in [7, 11) is -3.48. The number of hydrogen-bond donors (Lipinski definition) is 1. The molecule has 1 N–H and O–H groups in total. The van der Waals surface area contributed by atoms with Gasteiger partial charge in [-0.15, -0.1) is 0 Å². The minimum Gasteiger partial charge on any atom is -0.490 e. The SMILES string of the molecule is C[C@H]1CN(S(=O)(=O)c2ccc3c(c2)OCCCO3)CCN1. The summed E-state index contributed by atoms with van der Waals surface area (Å²) in [6.07, 6.45) is 0.798. The topological polar surface area (TPSA) is 67.9 Å². The Morgan fingerprint density at radius 3 is 2.76 bits per heavy atom. The number of nitrogens with zero attached hydrogens (tertiary/aromatic N) is 1. The molecule has 0 unspecified atom stereocenters.